The van der Waals surface area contributed by atoms with Crippen LogP contribution in [0.2, 0.25) is 0 Å². The van der Waals surface area contributed by atoms with E-state index < -0.39 is 0 Å². The molecule has 0 aromatic carbocycles. The molecule has 100 valence electrons. The van der Waals surface area contributed by atoms with E-state index >= 15 is 0 Å². The van der Waals surface area contributed by atoms with Crippen molar-refractivity contribution >= 4 is 5.97 Å². The minimum absolute atomic E-state index is 0.210. The van der Waals surface area contributed by atoms with Gasteiger partial charge < -0.3 is 9.47 Å². The van der Waals surface area contributed by atoms with Crippen molar-refractivity contribution < 1.29 is 14.3 Å². The Balaban J connectivity index is 2.52. The highest BCUT2D eigenvalue weighted by Crippen LogP contribution is 2.18. The zero-order valence-electron chi connectivity index (χ0n) is 11.3. The van der Waals surface area contributed by atoms with E-state index in [2.05, 4.69) is 23.7 Å². The molecule has 0 N–H and O–H groups in total. The highest BCUT2D eigenvalue weighted by atomic mass is 16.6. The average molecular weight is 258 g/mol. The minimum atomic E-state index is -0.280. The van der Waals surface area contributed by atoms with Crippen LogP contribution < -0.4 is 0 Å². The Bertz CT molecular complexity index is 466. The van der Waals surface area contributed by atoms with Gasteiger partial charge in [-0.25, -0.2) is 0 Å². The number of allylic oxidation sites excluding steroid dienone is 3. The molecule has 1 rings (SSSR count). The molecule has 19 heavy (non-hydrogen) atoms. The van der Waals surface area contributed by atoms with Crippen LogP contribution in [0.15, 0.2) is 24.3 Å². The summed E-state index contributed by atoms with van der Waals surface area (Å²) in [5.41, 5.74) is 0. The lowest BCUT2D eigenvalue weighted by Crippen LogP contribution is -2.35. The largest absolute Gasteiger partial charge is 0.459 e. The van der Waals surface area contributed by atoms with Crippen LogP contribution in [0, 0.1) is 23.7 Å². The first kappa shape index (κ1) is 15.1. The smallest absolute Gasteiger partial charge is 0.303 e. The SMILES string of the molecule is CC=CC#CC#CC=CC1OCCCC1OC(C)=O. The van der Waals surface area contributed by atoms with E-state index in [1.165, 1.54) is 6.92 Å². The predicted octanol–water partition coefficient (Wildman–Crippen LogP) is 2.24. The molecule has 0 radical (unpaired) electrons. The number of hydrogen-bond donors (Lipinski definition) is 0. The lowest BCUT2D eigenvalue weighted by molar-refractivity contribution is -0.157. The van der Waals surface area contributed by atoms with Gasteiger partial charge in [-0.2, -0.15) is 0 Å². The average Bonchev–Trinajstić information content (AvgIpc) is 2.39. The van der Waals surface area contributed by atoms with E-state index in [9.17, 15) is 4.79 Å². The fraction of sp³-hybridized carbons (Fsp3) is 0.438. The molecule has 0 amide bonds. The topological polar surface area (TPSA) is 35.5 Å². The van der Waals surface area contributed by atoms with Gasteiger partial charge in [0, 0.05) is 13.5 Å². The van der Waals surface area contributed by atoms with Gasteiger partial charge in [0.1, 0.15) is 12.2 Å². The summed E-state index contributed by atoms with van der Waals surface area (Å²) in [6.07, 6.45) is 8.40. The second-order valence-corrected chi connectivity index (χ2v) is 4.02. The van der Waals surface area contributed by atoms with Crippen molar-refractivity contribution in [3.63, 3.8) is 0 Å². The third kappa shape index (κ3) is 6.50. The lowest BCUT2D eigenvalue weighted by atomic mass is 10.1. The molecule has 1 aliphatic heterocycles. The number of rotatable bonds is 2. The van der Waals surface area contributed by atoms with Crippen LogP contribution in [0.1, 0.15) is 26.7 Å². The Labute approximate surface area is 114 Å². The summed E-state index contributed by atoms with van der Waals surface area (Å²) in [6.45, 7) is 3.99. The predicted molar refractivity (Wildman–Crippen MR) is 74.0 cm³/mol. The molecule has 0 spiro atoms. The number of ether oxygens (including phenoxy) is 2. The van der Waals surface area contributed by atoms with Crippen LogP contribution in [0.4, 0.5) is 0 Å². The van der Waals surface area contributed by atoms with E-state index in [0.717, 1.165) is 12.8 Å². The summed E-state index contributed by atoms with van der Waals surface area (Å²) in [4.78, 5) is 11.0. The number of esters is 1. The van der Waals surface area contributed by atoms with Gasteiger partial charge in [0.05, 0.1) is 0 Å². The van der Waals surface area contributed by atoms with Gasteiger partial charge >= 0.3 is 5.97 Å². The molecule has 0 aromatic heterocycles. The Morgan fingerprint density at radius 3 is 2.74 bits per heavy atom. The second-order valence-electron chi connectivity index (χ2n) is 4.02. The molecule has 1 heterocycles. The summed E-state index contributed by atoms with van der Waals surface area (Å²) in [5, 5.41) is 0. The van der Waals surface area contributed by atoms with Gasteiger partial charge in [0.2, 0.25) is 0 Å². The second kappa shape index (κ2) is 9.03. The normalized spacial score (nSPS) is 22.4. The molecule has 0 aromatic rings. The van der Waals surface area contributed by atoms with Gasteiger partial charge in [-0.1, -0.05) is 17.9 Å². The van der Waals surface area contributed by atoms with E-state index in [-0.39, 0.29) is 18.2 Å². The van der Waals surface area contributed by atoms with Crippen molar-refractivity contribution in [2.45, 2.75) is 38.9 Å². The molecule has 3 heteroatoms. The van der Waals surface area contributed by atoms with E-state index in [1.54, 1.807) is 12.2 Å². The Morgan fingerprint density at radius 2 is 2.05 bits per heavy atom. The Morgan fingerprint density at radius 1 is 1.32 bits per heavy atom. The number of hydrogen-bond acceptors (Lipinski definition) is 3. The van der Waals surface area contributed by atoms with Crippen LogP contribution in [0.3, 0.4) is 0 Å². The van der Waals surface area contributed by atoms with Crippen molar-refractivity contribution in [3.05, 3.63) is 24.3 Å². The first-order chi connectivity index (χ1) is 9.24. The van der Waals surface area contributed by atoms with Gasteiger partial charge in [0.15, 0.2) is 0 Å². The zero-order valence-corrected chi connectivity index (χ0v) is 11.3. The van der Waals surface area contributed by atoms with Crippen LogP contribution >= 0.6 is 0 Å². The Hall–Kier alpha value is -1.97. The molecule has 0 bridgehead atoms. The molecule has 0 aliphatic carbocycles. The lowest BCUT2D eigenvalue weighted by Gasteiger charge is -2.28. The first-order valence-electron chi connectivity index (χ1n) is 6.31. The first-order valence-corrected chi connectivity index (χ1v) is 6.31. The summed E-state index contributed by atoms with van der Waals surface area (Å²) in [5.74, 6) is 10.7. The summed E-state index contributed by atoms with van der Waals surface area (Å²) < 4.78 is 10.8. The zero-order chi connectivity index (χ0) is 13.9. The van der Waals surface area contributed by atoms with Gasteiger partial charge in [-0.05, 0) is 49.8 Å². The molecule has 1 saturated heterocycles. The van der Waals surface area contributed by atoms with E-state index in [4.69, 9.17) is 9.47 Å². The third-order valence-corrected chi connectivity index (χ3v) is 2.45. The summed E-state index contributed by atoms with van der Waals surface area (Å²) in [7, 11) is 0. The van der Waals surface area contributed by atoms with Crippen LogP contribution in [0.5, 0.6) is 0 Å². The van der Waals surface area contributed by atoms with E-state index in [0.29, 0.717) is 6.61 Å². The van der Waals surface area contributed by atoms with Gasteiger partial charge in [-0.3, -0.25) is 4.79 Å². The molecular formula is C16H18O3. The fourth-order valence-corrected chi connectivity index (χ4v) is 1.68. The van der Waals surface area contributed by atoms with Crippen LogP contribution in [-0.4, -0.2) is 24.8 Å². The maximum Gasteiger partial charge on any atom is 0.303 e. The van der Waals surface area contributed by atoms with Crippen LogP contribution in [-0.2, 0) is 14.3 Å². The molecule has 0 saturated carbocycles. The number of carbonyl (C=O) groups excluding carboxylic acids is 1. The molecule has 2 atom stereocenters. The molecule has 1 fully saturated rings. The maximum absolute atomic E-state index is 11.0. The van der Waals surface area contributed by atoms with Crippen molar-refractivity contribution in [3.8, 4) is 23.7 Å². The monoisotopic (exact) mass is 258 g/mol. The fourth-order valence-electron chi connectivity index (χ4n) is 1.68. The summed E-state index contributed by atoms with van der Waals surface area (Å²) >= 11 is 0. The maximum atomic E-state index is 11.0. The van der Waals surface area contributed by atoms with Gasteiger partial charge in [-0.15, -0.1) is 0 Å². The minimum Gasteiger partial charge on any atom is -0.459 e. The van der Waals surface area contributed by atoms with Gasteiger partial charge in [0.25, 0.3) is 0 Å². The molecule has 3 nitrogen and oxygen atoms in total. The van der Waals surface area contributed by atoms with Crippen molar-refractivity contribution in [2.24, 2.45) is 0 Å². The number of carbonyl (C=O) groups is 1. The van der Waals surface area contributed by atoms with Crippen molar-refractivity contribution in [1.29, 1.82) is 0 Å². The van der Waals surface area contributed by atoms with Crippen molar-refractivity contribution in [1.82, 2.24) is 0 Å². The van der Waals surface area contributed by atoms with Crippen molar-refractivity contribution in [2.75, 3.05) is 6.61 Å². The third-order valence-electron chi connectivity index (χ3n) is 2.45. The standard InChI is InChI=1S/C16H18O3/c1-3-4-5-6-7-8-9-11-15-16(19-14(2)17)12-10-13-18-15/h3-4,9,11,15-16H,10,12-13H2,1-2H3. The Kier molecular flexibility index (Phi) is 7.17. The molecule has 1 aliphatic rings. The molecular weight excluding hydrogens is 240 g/mol. The quantitative estimate of drug-likeness (QED) is 0.563. The molecule has 2 unspecified atom stereocenters. The summed E-state index contributed by atoms with van der Waals surface area (Å²) in [6, 6.07) is 0. The van der Waals surface area contributed by atoms with Crippen LogP contribution in [0.25, 0.3) is 0 Å². The highest BCUT2D eigenvalue weighted by molar-refractivity contribution is 5.66. The highest BCUT2D eigenvalue weighted by Gasteiger charge is 2.26. The van der Waals surface area contributed by atoms with E-state index in [1.807, 2.05) is 19.1 Å².